The lowest BCUT2D eigenvalue weighted by Crippen LogP contribution is -2.43. The highest BCUT2D eigenvalue weighted by atomic mass is 19.4. The molecule has 1 N–H and O–H groups in total. The van der Waals surface area contributed by atoms with Crippen molar-refractivity contribution >= 4 is 11.9 Å². The molecule has 1 aliphatic rings. The molecule has 0 aromatic heterocycles. The summed E-state index contributed by atoms with van der Waals surface area (Å²) < 4.78 is 96.0. The van der Waals surface area contributed by atoms with Crippen molar-refractivity contribution in [2.24, 2.45) is 0 Å². The Kier molecular flexibility index (Phi) is 9.24. The summed E-state index contributed by atoms with van der Waals surface area (Å²) in [6.45, 7) is 1.56. The summed E-state index contributed by atoms with van der Waals surface area (Å²) in [5.41, 5.74) is 0.147. The standard InChI is InChI=1S/C30H27F7N2O3/c1-18(21-6-8-22(9-7-21)28(41)42-17-20-4-12-24(13-5-20)30(35,36)37)38-27(40)26-14-25(31)16-39(26)15-19-2-10-23(11-3-19)29(32,33)34/h2-13,18,25-26H,14-17H2,1H3,(H,38,40)/t18?,25-,26+/m0/s1. The Bertz CT molecular complexity index is 1370. The topological polar surface area (TPSA) is 58.6 Å². The van der Waals surface area contributed by atoms with Crippen LogP contribution in [0.2, 0.25) is 0 Å². The molecular weight excluding hydrogens is 569 g/mol. The van der Waals surface area contributed by atoms with E-state index >= 15 is 0 Å². The van der Waals surface area contributed by atoms with Crippen LogP contribution >= 0.6 is 0 Å². The second-order valence-corrected chi connectivity index (χ2v) is 10.1. The number of hydrogen-bond donors (Lipinski definition) is 1. The molecule has 3 aromatic carbocycles. The molecule has 1 saturated heterocycles. The van der Waals surface area contributed by atoms with Gasteiger partial charge in [0, 0.05) is 19.5 Å². The van der Waals surface area contributed by atoms with Crippen LogP contribution in [0.4, 0.5) is 30.7 Å². The maximum Gasteiger partial charge on any atom is 0.416 e. The van der Waals surface area contributed by atoms with Crippen LogP contribution in [-0.4, -0.2) is 35.5 Å². The Labute approximate surface area is 237 Å². The minimum atomic E-state index is -4.47. The van der Waals surface area contributed by atoms with Crippen LogP contribution in [-0.2, 0) is 35.0 Å². The summed E-state index contributed by atoms with van der Waals surface area (Å²) in [7, 11) is 0. The van der Waals surface area contributed by atoms with Crippen molar-refractivity contribution in [1.82, 2.24) is 10.2 Å². The SMILES string of the molecule is CC(NC(=O)[C@H]1C[C@H](F)CN1Cc1ccc(C(F)(F)F)cc1)c1ccc(C(=O)OCc2ccc(C(F)(F)F)cc2)cc1. The van der Waals surface area contributed by atoms with Crippen molar-refractivity contribution in [2.45, 2.75) is 57.1 Å². The first-order valence-corrected chi connectivity index (χ1v) is 13.0. The smallest absolute Gasteiger partial charge is 0.416 e. The molecule has 1 fully saturated rings. The van der Waals surface area contributed by atoms with Crippen molar-refractivity contribution in [3.8, 4) is 0 Å². The van der Waals surface area contributed by atoms with Crippen LogP contribution in [0.3, 0.4) is 0 Å². The fourth-order valence-electron chi connectivity index (χ4n) is 4.65. The average Bonchev–Trinajstić information content (AvgIpc) is 3.31. The number of rotatable bonds is 8. The molecule has 0 bridgehead atoms. The Hall–Kier alpha value is -3.93. The Morgan fingerprint density at radius 2 is 1.38 bits per heavy atom. The number of carbonyl (C=O) groups excluding carboxylic acids is 2. The molecule has 42 heavy (non-hydrogen) atoms. The van der Waals surface area contributed by atoms with Crippen LogP contribution in [0.5, 0.6) is 0 Å². The molecule has 12 heteroatoms. The molecule has 224 valence electrons. The molecule has 4 rings (SSSR count). The minimum absolute atomic E-state index is 0.0310. The molecule has 3 aromatic rings. The van der Waals surface area contributed by atoms with E-state index in [1.807, 2.05) is 0 Å². The molecule has 5 nitrogen and oxygen atoms in total. The van der Waals surface area contributed by atoms with Crippen molar-refractivity contribution in [1.29, 1.82) is 0 Å². The van der Waals surface area contributed by atoms with E-state index in [9.17, 15) is 40.3 Å². The third-order valence-corrected chi connectivity index (χ3v) is 6.98. The Balaban J connectivity index is 1.31. The zero-order valence-electron chi connectivity index (χ0n) is 22.3. The lowest BCUT2D eigenvalue weighted by atomic mass is 10.0. The van der Waals surface area contributed by atoms with E-state index in [0.717, 1.165) is 24.3 Å². The molecule has 3 atom stereocenters. The second-order valence-electron chi connectivity index (χ2n) is 10.1. The van der Waals surface area contributed by atoms with Crippen molar-refractivity contribution in [3.05, 3.63) is 106 Å². The molecule has 1 aliphatic heterocycles. The summed E-state index contributed by atoms with van der Waals surface area (Å²) in [5, 5.41) is 2.82. The number of esters is 1. The summed E-state index contributed by atoms with van der Waals surface area (Å²) >= 11 is 0. The average molecular weight is 597 g/mol. The van der Waals surface area contributed by atoms with Gasteiger partial charge in [-0.2, -0.15) is 26.3 Å². The molecule has 0 radical (unpaired) electrons. The fraction of sp³-hybridized carbons (Fsp3) is 0.333. The molecule has 0 spiro atoms. The van der Waals surface area contributed by atoms with Gasteiger partial charge in [-0.15, -0.1) is 0 Å². The summed E-state index contributed by atoms with van der Waals surface area (Å²) in [5.74, 6) is -1.12. The Morgan fingerprint density at radius 1 is 0.857 bits per heavy atom. The van der Waals surface area contributed by atoms with E-state index in [-0.39, 0.29) is 31.7 Å². The first kappa shape index (κ1) is 31.0. The van der Waals surface area contributed by atoms with Gasteiger partial charge < -0.3 is 10.1 Å². The number of carbonyl (C=O) groups is 2. The highest BCUT2D eigenvalue weighted by Gasteiger charge is 2.37. The maximum absolute atomic E-state index is 14.3. The number of likely N-dealkylation sites (tertiary alicyclic amines) is 1. The van der Waals surface area contributed by atoms with Gasteiger partial charge in [-0.1, -0.05) is 36.4 Å². The predicted molar refractivity (Wildman–Crippen MR) is 139 cm³/mol. The van der Waals surface area contributed by atoms with E-state index < -0.39 is 53.6 Å². The normalized spacial score (nSPS) is 18.5. The molecule has 0 saturated carbocycles. The molecule has 1 amide bonds. The van der Waals surface area contributed by atoms with Gasteiger partial charge in [0.25, 0.3) is 0 Å². The zero-order chi connectivity index (χ0) is 30.7. The molecule has 0 aliphatic carbocycles. The quantitative estimate of drug-likeness (QED) is 0.228. The number of amides is 1. The summed E-state index contributed by atoms with van der Waals surface area (Å²) in [4.78, 5) is 27.0. The van der Waals surface area contributed by atoms with Gasteiger partial charge in [-0.25, -0.2) is 9.18 Å². The first-order chi connectivity index (χ1) is 19.7. The summed E-state index contributed by atoms with van der Waals surface area (Å²) in [6.07, 6.45) is -10.3. The number of hydrogen-bond acceptors (Lipinski definition) is 4. The van der Waals surface area contributed by atoms with Gasteiger partial charge >= 0.3 is 18.3 Å². The van der Waals surface area contributed by atoms with Gasteiger partial charge in [0.15, 0.2) is 0 Å². The molecule has 1 heterocycles. The van der Waals surface area contributed by atoms with E-state index in [1.165, 1.54) is 36.4 Å². The van der Waals surface area contributed by atoms with Gasteiger partial charge in [0.1, 0.15) is 12.8 Å². The number of nitrogens with zero attached hydrogens (tertiary/aromatic N) is 1. The zero-order valence-corrected chi connectivity index (χ0v) is 22.3. The van der Waals surface area contributed by atoms with Gasteiger partial charge in [-0.3, -0.25) is 9.69 Å². The number of benzene rings is 3. The number of halogens is 7. The van der Waals surface area contributed by atoms with Crippen LogP contribution < -0.4 is 5.32 Å². The van der Waals surface area contributed by atoms with Crippen LogP contribution in [0.15, 0.2) is 72.8 Å². The second kappa shape index (κ2) is 12.5. The van der Waals surface area contributed by atoms with Crippen LogP contribution in [0.25, 0.3) is 0 Å². The van der Waals surface area contributed by atoms with E-state index in [1.54, 1.807) is 24.0 Å². The molecular formula is C30H27F7N2O3. The lowest BCUT2D eigenvalue weighted by Gasteiger charge is -2.25. The monoisotopic (exact) mass is 596 g/mol. The third-order valence-electron chi connectivity index (χ3n) is 6.98. The highest BCUT2D eigenvalue weighted by Crippen LogP contribution is 2.31. The summed E-state index contributed by atoms with van der Waals surface area (Å²) in [6, 6.07) is 13.6. The van der Waals surface area contributed by atoms with Gasteiger partial charge in [0.2, 0.25) is 5.91 Å². The fourth-order valence-corrected chi connectivity index (χ4v) is 4.65. The van der Waals surface area contributed by atoms with Crippen LogP contribution in [0.1, 0.15) is 57.6 Å². The van der Waals surface area contributed by atoms with Crippen LogP contribution in [0, 0.1) is 0 Å². The van der Waals surface area contributed by atoms with E-state index in [2.05, 4.69) is 5.32 Å². The largest absolute Gasteiger partial charge is 0.457 e. The predicted octanol–water partition coefficient (Wildman–Crippen LogP) is 6.87. The van der Waals surface area contributed by atoms with Gasteiger partial charge in [-0.05, 0) is 60.0 Å². The van der Waals surface area contributed by atoms with E-state index in [0.29, 0.717) is 16.7 Å². The third kappa shape index (κ3) is 7.87. The van der Waals surface area contributed by atoms with Crippen molar-refractivity contribution in [2.75, 3.05) is 6.54 Å². The van der Waals surface area contributed by atoms with E-state index in [4.69, 9.17) is 4.74 Å². The van der Waals surface area contributed by atoms with Crippen molar-refractivity contribution < 1.29 is 45.1 Å². The first-order valence-electron chi connectivity index (χ1n) is 13.0. The maximum atomic E-state index is 14.3. The van der Waals surface area contributed by atoms with Gasteiger partial charge in [0.05, 0.1) is 28.8 Å². The number of ether oxygens (including phenoxy) is 1. The number of nitrogens with one attached hydrogen (secondary N) is 1. The lowest BCUT2D eigenvalue weighted by molar-refractivity contribution is -0.138. The highest BCUT2D eigenvalue weighted by molar-refractivity contribution is 5.89. The minimum Gasteiger partial charge on any atom is -0.457 e. The van der Waals surface area contributed by atoms with Crippen molar-refractivity contribution in [3.63, 3.8) is 0 Å². The number of alkyl halides is 7. The Morgan fingerprint density at radius 3 is 1.90 bits per heavy atom. The molecule has 1 unspecified atom stereocenters.